The van der Waals surface area contributed by atoms with Gasteiger partial charge in [0.2, 0.25) is 5.91 Å². The summed E-state index contributed by atoms with van der Waals surface area (Å²) in [7, 11) is 0. The molecule has 1 unspecified atom stereocenters. The standard InChI is InChI=1S/C19H28BrN3O.ClH/c1-14(16-4-6-17(20)7-5-16)22-19(24)13-23-10-8-18(9-11-23)21-12-15-2-3-15;/h4-7,14-15,18,21H,2-3,8-13H2,1H3,(H,22,24);1H. The largest absolute Gasteiger partial charge is 0.348 e. The molecule has 4 nitrogen and oxygen atoms in total. The number of piperidine rings is 1. The first-order valence-corrected chi connectivity index (χ1v) is 9.90. The quantitative estimate of drug-likeness (QED) is 0.696. The van der Waals surface area contributed by atoms with Gasteiger partial charge in [-0.2, -0.15) is 0 Å². The van der Waals surface area contributed by atoms with E-state index >= 15 is 0 Å². The zero-order valence-electron chi connectivity index (χ0n) is 14.8. The number of rotatable bonds is 7. The summed E-state index contributed by atoms with van der Waals surface area (Å²) >= 11 is 3.44. The van der Waals surface area contributed by atoms with Crippen LogP contribution < -0.4 is 10.6 Å². The van der Waals surface area contributed by atoms with Gasteiger partial charge in [-0.15, -0.1) is 12.4 Å². The van der Waals surface area contributed by atoms with Crippen LogP contribution in [0.3, 0.4) is 0 Å². The highest BCUT2D eigenvalue weighted by molar-refractivity contribution is 9.10. The number of amides is 1. The predicted octanol–water partition coefficient (Wildman–Crippen LogP) is 3.51. The number of nitrogens with one attached hydrogen (secondary N) is 2. The van der Waals surface area contributed by atoms with Crippen molar-refractivity contribution in [3.8, 4) is 0 Å². The summed E-state index contributed by atoms with van der Waals surface area (Å²) in [6.45, 7) is 5.77. The van der Waals surface area contributed by atoms with E-state index in [1.54, 1.807) is 0 Å². The van der Waals surface area contributed by atoms with Crippen LogP contribution in [0, 0.1) is 5.92 Å². The normalized spacial score (nSPS) is 19.9. The summed E-state index contributed by atoms with van der Waals surface area (Å²) in [4.78, 5) is 14.6. The average Bonchev–Trinajstić information content (AvgIpc) is 3.39. The molecule has 140 valence electrons. The lowest BCUT2D eigenvalue weighted by molar-refractivity contribution is -0.123. The maximum Gasteiger partial charge on any atom is 0.234 e. The highest BCUT2D eigenvalue weighted by atomic mass is 79.9. The molecule has 1 saturated carbocycles. The zero-order valence-corrected chi connectivity index (χ0v) is 17.2. The fraction of sp³-hybridized carbons (Fsp3) is 0.632. The van der Waals surface area contributed by atoms with Gasteiger partial charge in [-0.25, -0.2) is 0 Å². The van der Waals surface area contributed by atoms with E-state index < -0.39 is 0 Å². The summed E-state index contributed by atoms with van der Waals surface area (Å²) < 4.78 is 1.06. The zero-order chi connectivity index (χ0) is 16.9. The molecule has 0 radical (unpaired) electrons. The highest BCUT2D eigenvalue weighted by Gasteiger charge is 2.25. The van der Waals surface area contributed by atoms with Gasteiger partial charge in [0.1, 0.15) is 0 Å². The van der Waals surface area contributed by atoms with Gasteiger partial charge < -0.3 is 10.6 Å². The summed E-state index contributed by atoms with van der Waals surface area (Å²) in [6, 6.07) is 8.81. The van der Waals surface area contributed by atoms with E-state index in [2.05, 4.69) is 31.5 Å². The summed E-state index contributed by atoms with van der Waals surface area (Å²) in [5, 5.41) is 6.80. The lowest BCUT2D eigenvalue weighted by Crippen LogP contribution is -2.46. The molecule has 6 heteroatoms. The second-order valence-corrected chi connectivity index (χ2v) is 8.16. The number of likely N-dealkylation sites (tertiary alicyclic amines) is 1. The minimum absolute atomic E-state index is 0. The van der Waals surface area contributed by atoms with Crippen molar-refractivity contribution < 1.29 is 4.79 Å². The molecule has 1 aromatic rings. The molecule has 2 N–H and O–H groups in total. The highest BCUT2D eigenvalue weighted by Crippen LogP contribution is 2.28. The van der Waals surface area contributed by atoms with Crippen LogP contribution in [-0.4, -0.2) is 43.0 Å². The van der Waals surface area contributed by atoms with Crippen molar-refractivity contribution in [2.75, 3.05) is 26.2 Å². The first-order valence-electron chi connectivity index (χ1n) is 9.10. The molecule has 3 rings (SSSR count). The van der Waals surface area contributed by atoms with Gasteiger partial charge in [0.25, 0.3) is 0 Å². The van der Waals surface area contributed by atoms with Crippen molar-refractivity contribution in [2.24, 2.45) is 5.92 Å². The maximum atomic E-state index is 12.3. The van der Waals surface area contributed by atoms with Crippen molar-refractivity contribution in [3.63, 3.8) is 0 Å². The Labute approximate surface area is 165 Å². The Hall–Kier alpha value is -0.620. The Kier molecular flexibility index (Phi) is 8.20. The van der Waals surface area contributed by atoms with Crippen LogP contribution in [0.2, 0.25) is 0 Å². The monoisotopic (exact) mass is 429 g/mol. The predicted molar refractivity (Wildman–Crippen MR) is 108 cm³/mol. The second-order valence-electron chi connectivity index (χ2n) is 7.24. The van der Waals surface area contributed by atoms with E-state index in [4.69, 9.17) is 0 Å². The van der Waals surface area contributed by atoms with Gasteiger partial charge in [0.15, 0.2) is 0 Å². The lowest BCUT2D eigenvalue weighted by Gasteiger charge is -2.32. The van der Waals surface area contributed by atoms with Gasteiger partial charge >= 0.3 is 0 Å². The van der Waals surface area contributed by atoms with E-state index in [9.17, 15) is 4.79 Å². The average molecular weight is 431 g/mol. The Bertz CT molecular complexity index is 542. The Balaban J connectivity index is 0.00000225. The molecule has 1 aliphatic heterocycles. The van der Waals surface area contributed by atoms with E-state index in [1.807, 2.05) is 31.2 Å². The first-order chi connectivity index (χ1) is 11.6. The maximum absolute atomic E-state index is 12.3. The molecule has 1 atom stereocenters. The molecule has 0 bridgehead atoms. The molecular weight excluding hydrogens is 402 g/mol. The number of benzene rings is 1. The molecule has 1 heterocycles. The molecule has 1 amide bonds. The Morgan fingerprint density at radius 1 is 1.20 bits per heavy atom. The molecule has 2 aliphatic rings. The molecule has 1 saturated heterocycles. The van der Waals surface area contributed by atoms with Crippen molar-refractivity contribution >= 4 is 34.2 Å². The Morgan fingerprint density at radius 2 is 1.84 bits per heavy atom. The third-order valence-corrected chi connectivity index (χ3v) is 5.62. The molecule has 25 heavy (non-hydrogen) atoms. The van der Waals surface area contributed by atoms with Crippen LogP contribution in [-0.2, 0) is 4.79 Å². The summed E-state index contributed by atoms with van der Waals surface area (Å²) in [5.74, 6) is 1.06. The third kappa shape index (κ3) is 6.89. The van der Waals surface area contributed by atoms with E-state index in [1.165, 1.54) is 19.4 Å². The minimum Gasteiger partial charge on any atom is -0.348 e. The van der Waals surface area contributed by atoms with Crippen LogP contribution in [0.5, 0.6) is 0 Å². The second kappa shape index (κ2) is 9.91. The van der Waals surface area contributed by atoms with Crippen molar-refractivity contribution in [3.05, 3.63) is 34.3 Å². The van der Waals surface area contributed by atoms with Crippen LogP contribution >= 0.6 is 28.3 Å². The van der Waals surface area contributed by atoms with Crippen molar-refractivity contribution in [2.45, 2.75) is 44.7 Å². The molecule has 2 fully saturated rings. The first kappa shape index (κ1) is 20.7. The number of carbonyl (C=O) groups is 1. The van der Waals surface area contributed by atoms with Gasteiger partial charge in [-0.1, -0.05) is 28.1 Å². The van der Waals surface area contributed by atoms with Gasteiger partial charge in [0, 0.05) is 23.6 Å². The Morgan fingerprint density at radius 3 is 2.44 bits per heavy atom. The molecular formula is C19H29BrClN3O. The van der Waals surface area contributed by atoms with E-state index in [-0.39, 0.29) is 24.4 Å². The topological polar surface area (TPSA) is 44.4 Å². The fourth-order valence-corrected chi connectivity index (χ4v) is 3.54. The fourth-order valence-electron chi connectivity index (χ4n) is 3.28. The number of carbonyl (C=O) groups excluding carboxylic acids is 1. The van der Waals surface area contributed by atoms with Crippen molar-refractivity contribution in [1.29, 1.82) is 0 Å². The van der Waals surface area contributed by atoms with E-state index in [0.717, 1.165) is 41.9 Å². The van der Waals surface area contributed by atoms with Crippen LogP contribution in [0.1, 0.15) is 44.2 Å². The van der Waals surface area contributed by atoms with Crippen LogP contribution in [0.4, 0.5) is 0 Å². The van der Waals surface area contributed by atoms with Gasteiger partial charge in [-0.05, 0) is 62.8 Å². The van der Waals surface area contributed by atoms with Crippen molar-refractivity contribution in [1.82, 2.24) is 15.5 Å². The summed E-state index contributed by atoms with van der Waals surface area (Å²) in [6.07, 6.45) is 5.12. The SMILES string of the molecule is CC(NC(=O)CN1CCC(NCC2CC2)CC1)c1ccc(Br)cc1.Cl. The van der Waals surface area contributed by atoms with Crippen LogP contribution in [0.15, 0.2) is 28.7 Å². The molecule has 0 aromatic heterocycles. The smallest absolute Gasteiger partial charge is 0.234 e. The number of hydrogen-bond acceptors (Lipinski definition) is 3. The van der Waals surface area contributed by atoms with Gasteiger partial charge in [0.05, 0.1) is 12.6 Å². The molecule has 0 spiro atoms. The van der Waals surface area contributed by atoms with Gasteiger partial charge in [-0.3, -0.25) is 9.69 Å². The molecule has 1 aromatic carbocycles. The number of nitrogens with zero attached hydrogens (tertiary/aromatic N) is 1. The third-order valence-electron chi connectivity index (χ3n) is 5.09. The number of hydrogen-bond donors (Lipinski definition) is 2. The lowest BCUT2D eigenvalue weighted by atomic mass is 10.0. The molecule has 1 aliphatic carbocycles. The number of halogens is 2. The van der Waals surface area contributed by atoms with Crippen LogP contribution in [0.25, 0.3) is 0 Å². The summed E-state index contributed by atoms with van der Waals surface area (Å²) in [5.41, 5.74) is 1.13. The van der Waals surface area contributed by atoms with E-state index in [0.29, 0.717) is 12.6 Å². The minimum atomic E-state index is 0.